The average molecular weight is 234 g/mol. The van der Waals surface area contributed by atoms with E-state index in [1.165, 1.54) is 0 Å². The van der Waals surface area contributed by atoms with Crippen molar-refractivity contribution in [2.75, 3.05) is 31.1 Å². The fourth-order valence-corrected chi connectivity index (χ4v) is 2.38. The van der Waals surface area contributed by atoms with Gasteiger partial charge < -0.3 is 14.6 Å². The Kier molecular flexibility index (Phi) is 2.40. The van der Waals surface area contributed by atoms with Crippen LogP contribution in [0.25, 0.3) is 11.1 Å². The molecule has 0 radical (unpaired) electrons. The molecular weight excluding hydrogens is 218 g/mol. The van der Waals surface area contributed by atoms with Crippen molar-refractivity contribution in [2.24, 2.45) is 7.05 Å². The summed E-state index contributed by atoms with van der Waals surface area (Å²) >= 11 is 0. The zero-order valence-corrected chi connectivity index (χ0v) is 9.85. The van der Waals surface area contributed by atoms with Gasteiger partial charge in [0.25, 0.3) is 0 Å². The lowest BCUT2D eigenvalue weighted by molar-refractivity contribution is -0.655. The first kappa shape index (κ1) is 10.4. The second kappa shape index (κ2) is 3.92. The van der Waals surface area contributed by atoms with Gasteiger partial charge in [0, 0.05) is 7.05 Å². The van der Waals surface area contributed by atoms with E-state index in [0.29, 0.717) is 5.58 Å². The van der Waals surface area contributed by atoms with Crippen molar-refractivity contribution in [1.82, 2.24) is 4.57 Å². The summed E-state index contributed by atoms with van der Waals surface area (Å²) in [5, 5.41) is 2.30. The number of rotatable bonds is 1. The third-order valence-corrected chi connectivity index (χ3v) is 3.35. The van der Waals surface area contributed by atoms with Crippen molar-refractivity contribution >= 4 is 16.8 Å². The summed E-state index contributed by atoms with van der Waals surface area (Å²) in [5.41, 5.74) is 2.61. The molecule has 1 aromatic heterocycles. The number of nitrogens with zero attached hydrogens (tertiary/aromatic N) is 2. The number of para-hydroxylation sites is 1. The van der Waals surface area contributed by atoms with E-state index >= 15 is 0 Å². The second-order valence-electron chi connectivity index (χ2n) is 4.41. The van der Waals surface area contributed by atoms with Crippen LogP contribution in [0, 0.1) is 0 Å². The molecule has 0 unspecified atom stereocenters. The van der Waals surface area contributed by atoms with Crippen LogP contribution in [0.2, 0.25) is 0 Å². The van der Waals surface area contributed by atoms with E-state index in [2.05, 4.69) is 10.2 Å². The highest BCUT2D eigenvalue weighted by molar-refractivity contribution is 5.87. The van der Waals surface area contributed by atoms with Gasteiger partial charge >= 0.3 is 5.76 Å². The molecule has 0 aliphatic carbocycles. The number of hydrogen-bond acceptors (Lipinski definition) is 3. The first-order valence-electron chi connectivity index (χ1n) is 5.92. The highest BCUT2D eigenvalue weighted by Gasteiger charge is 2.18. The Balaban J connectivity index is 2.15. The maximum Gasteiger partial charge on any atom is 0.419 e. The molecule has 2 N–H and O–H groups in total. The molecule has 2 heterocycles. The Morgan fingerprint density at radius 3 is 2.82 bits per heavy atom. The van der Waals surface area contributed by atoms with E-state index in [4.69, 9.17) is 4.42 Å². The lowest BCUT2D eigenvalue weighted by atomic mass is 10.2. The summed E-state index contributed by atoms with van der Waals surface area (Å²) in [4.78, 5) is 13.8. The summed E-state index contributed by atoms with van der Waals surface area (Å²) in [6.07, 6.45) is 0. The summed E-state index contributed by atoms with van der Waals surface area (Å²) in [6.45, 7) is 4.18. The zero-order valence-electron chi connectivity index (χ0n) is 9.85. The topological polar surface area (TPSA) is 55.0 Å². The number of aromatic nitrogens is 1. The van der Waals surface area contributed by atoms with Gasteiger partial charge in [0.05, 0.1) is 37.4 Å². The molecule has 0 atom stereocenters. The molecule has 1 fully saturated rings. The highest BCUT2D eigenvalue weighted by atomic mass is 16.4. The highest BCUT2D eigenvalue weighted by Crippen LogP contribution is 2.25. The van der Waals surface area contributed by atoms with Crippen LogP contribution in [0.3, 0.4) is 0 Å². The molecule has 90 valence electrons. The lowest BCUT2D eigenvalue weighted by Gasteiger charge is -2.27. The van der Waals surface area contributed by atoms with E-state index in [0.717, 1.165) is 37.4 Å². The van der Waals surface area contributed by atoms with Gasteiger partial charge in [-0.25, -0.2) is 4.79 Å². The molecule has 3 rings (SSSR count). The Morgan fingerprint density at radius 2 is 2.06 bits per heavy atom. The van der Waals surface area contributed by atoms with Crippen LogP contribution < -0.4 is 16.0 Å². The summed E-state index contributed by atoms with van der Waals surface area (Å²) < 4.78 is 6.89. The number of aryl methyl sites for hydroxylation is 1. The maximum absolute atomic E-state index is 11.5. The minimum atomic E-state index is -0.295. The smallest absolute Gasteiger partial charge is 0.405 e. The number of fused-ring (bicyclic) bond motifs is 1. The fourth-order valence-electron chi connectivity index (χ4n) is 2.38. The van der Waals surface area contributed by atoms with Gasteiger partial charge in [0.2, 0.25) is 0 Å². The van der Waals surface area contributed by atoms with E-state index in [-0.39, 0.29) is 5.76 Å². The van der Waals surface area contributed by atoms with E-state index < -0.39 is 0 Å². The number of quaternary nitrogens is 1. The fraction of sp³-hybridized carbons (Fsp3) is 0.417. The second-order valence-corrected chi connectivity index (χ2v) is 4.41. The number of hydrogen-bond donors (Lipinski definition) is 1. The van der Waals surface area contributed by atoms with Crippen molar-refractivity contribution in [3.8, 4) is 0 Å². The molecule has 0 amide bonds. The van der Waals surface area contributed by atoms with Gasteiger partial charge in [0.15, 0.2) is 5.58 Å². The van der Waals surface area contributed by atoms with E-state index in [1.807, 2.05) is 18.2 Å². The normalized spacial score (nSPS) is 16.6. The summed E-state index contributed by atoms with van der Waals surface area (Å²) in [5.74, 6) is -0.295. The predicted octanol–water partition coefficient (Wildman–Crippen LogP) is -0.485. The van der Waals surface area contributed by atoms with Crippen molar-refractivity contribution in [3.05, 3.63) is 28.7 Å². The maximum atomic E-state index is 11.5. The third kappa shape index (κ3) is 1.63. The molecule has 17 heavy (non-hydrogen) atoms. The van der Waals surface area contributed by atoms with Crippen LogP contribution >= 0.6 is 0 Å². The lowest BCUT2D eigenvalue weighted by Crippen LogP contribution is -2.89. The van der Waals surface area contributed by atoms with E-state index in [9.17, 15) is 4.79 Å². The quantitative estimate of drug-likeness (QED) is 0.725. The van der Waals surface area contributed by atoms with Crippen molar-refractivity contribution < 1.29 is 9.73 Å². The van der Waals surface area contributed by atoms with Crippen molar-refractivity contribution in [1.29, 1.82) is 0 Å². The number of anilines is 1. The van der Waals surface area contributed by atoms with Crippen LogP contribution in [-0.2, 0) is 7.05 Å². The van der Waals surface area contributed by atoms with Crippen LogP contribution in [0.1, 0.15) is 0 Å². The minimum absolute atomic E-state index is 0.295. The van der Waals surface area contributed by atoms with Gasteiger partial charge in [-0.2, -0.15) is 0 Å². The van der Waals surface area contributed by atoms with Crippen LogP contribution in [0.4, 0.5) is 5.69 Å². The molecule has 1 aliphatic rings. The molecule has 1 aromatic carbocycles. The Labute approximate surface area is 98.6 Å². The molecule has 1 saturated heterocycles. The molecular formula is C12H16N3O2+. The van der Waals surface area contributed by atoms with Crippen molar-refractivity contribution in [2.45, 2.75) is 0 Å². The number of benzene rings is 1. The summed E-state index contributed by atoms with van der Waals surface area (Å²) in [6, 6.07) is 5.92. The molecule has 2 aromatic rings. The first-order valence-corrected chi connectivity index (χ1v) is 5.92. The van der Waals surface area contributed by atoms with Gasteiger partial charge in [-0.15, -0.1) is 0 Å². The average Bonchev–Trinajstić information content (AvgIpc) is 2.67. The zero-order chi connectivity index (χ0) is 11.8. The van der Waals surface area contributed by atoms with Crippen LogP contribution in [-0.4, -0.2) is 30.7 Å². The Hall–Kier alpha value is -1.75. The number of piperazine rings is 1. The molecule has 0 bridgehead atoms. The molecule has 5 heteroatoms. The first-order chi connectivity index (χ1) is 8.27. The number of nitrogens with two attached hydrogens (primary N) is 1. The van der Waals surface area contributed by atoms with E-state index in [1.54, 1.807) is 11.6 Å². The van der Waals surface area contributed by atoms with Gasteiger partial charge in [0.1, 0.15) is 0 Å². The molecule has 0 saturated carbocycles. The predicted molar refractivity (Wildman–Crippen MR) is 65.3 cm³/mol. The molecule has 0 spiro atoms. The SMILES string of the molecule is Cn1c(=O)oc2c(N3CC[NH2+]CC3)cccc21. The van der Waals surface area contributed by atoms with Crippen LogP contribution in [0.5, 0.6) is 0 Å². The standard InChI is InChI=1S/C12H15N3O2/c1-14-9-3-2-4-10(11(9)17-12(14)16)15-7-5-13-6-8-15/h2-4,13H,5-8H2,1H3/p+1. The van der Waals surface area contributed by atoms with Gasteiger partial charge in [-0.1, -0.05) is 6.07 Å². The molecule has 5 nitrogen and oxygen atoms in total. The molecule has 1 aliphatic heterocycles. The Bertz CT molecular complexity index is 593. The minimum Gasteiger partial charge on any atom is -0.405 e. The third-order valence-electron chi connectivity index (χ3n) is 3.35. The van der Waals surface area contributed by atoms with Crippen LogP contribution in [0.15, 0.2) is 27.4 Å². The monoisotopic (exact) mass is 234 g/mol. The van der Waals surface area contributed by atoms with Crippen molar-refractivity contribution in [3.63, 3.8) is 0 Å². The van der Waals surface area contributed by atoms with Gasteiger partial charge in [-0.3, -0.25) is 4.57 Å². The van der Waals surface area contributed by atoms with Gasteiger partial charge in [-0.05, 0) is 12.1 Å². The largest absolute Gasteiger partial charge is 0.419 e. The number of oxazole rings is 1. The Morgan fingerprint density at radius 1 is 1.29 bits per heavy atom. The summed E-state index contributed by atoms with van der Waals surface area (Å²) in [7, 11) is 1.74.